The number of ether oxygens (including phenoxy) is 1. The maximum Gasteiger partial charge on any atom is 0.135 e. The number of benzene rings is 11. The molecule has 0 radical (unpaired) electrons. The summed E-state index contributed by atoms with van der Waals surface area (Å²) in [5.74, 6) is 1.81. The van der Waals surface area contributed by atoms with Crippen LogP contribution in [0.3, 0.4) is 0 Å². The molecule has 5 heterocycles. The summed E-state index contributed by atoms with van der Waals surface area (Å²) in [5, 5.41) is 10.8. The molecule has 0 bridgehead atoms. The van der Waals surface area contributed by atoms with Gasteiger partial charge in [0.25, 0.3) is 0 Å². The van der Waals surface area contributed by atoms with E-state index in [2.05, 4.69) is 261 Å². The van der Waals surface area contributed by atoms with Crippen LogP contribution in [0.1, 0.15) is 59.5 Å². The van der Waals surface area contributed by atoms with Crippen LogP contribution in [0.4, 0.5) is 11.4 Å². The predicted molar refractivity (Wildman–Crippen MR) is 359 cm³/mol. The number of aromatic nitrogens is 4. The Bertz CT molecular complexity index is 5590. The predicted octanol–water partition coefficient (Wildman–Crippen LogP) is 21.3. The van der Waals surface area contributed by atoms with Gasteiger partial charge in [-0.3, -0.25) is 0 Å². The van der Waals surface area contributed by atoms with E-state index < -0.39 is 6.04 Å². The van der Waals surface area contributed by atoms with Crippen molar-refractivity contribution in [3.05, 3.63) is 279 Å². The van der Waals surface area contributed by atoms with Gasteiger partial charge in [0.2, 0.25) is 0 Å². The Morgan fingerprint density at radius 1 is 0.448 bits per heavy atom. The SMILES string of the molecule is [2H]c1c([2H])c([2H])c(-c2cc(-c3cccc4c5ccccc5c5ccccc5c5cccc6c5n(c34)[CH-]N6c3[c-]c(Oc4[c-]c5c(cc4)c4cc(-n6c7ccccc7c7ccccc76)ccc4n5-c4cc(C(C)(C)C)ccn4)ccc3)cc(C(C)(C)C)c2)c([2H])c1[2H].[Pt]. The van der Waals surface area contributed by atoms with Gasteiger partial charge < -0.3 is 23.3 Å². The third-order valence-corrected chi connectivity index (χ3v) is 17.2. The van der Waals surface area contributed by atoms with Gasteiger partial charge in [0.05, 0.1) is 17.9 Å². The fraction of sp³-hybridized carbons (Fsp3) is 0.100. The van der Waals surface area contributed by atoms with Gasteiger partial charge in [-0.15, -0.1) is 35.7 Å². The molecule has 0 fully saturated rings. The molecule has 0 saturated heterocycles. The topological polar surface area (TPSA) is 40.1 Å². The molecule has 0 unspecified atom stereocenters. The van der Waals surface area contributed by atoms with Crippen molar-refractivity contribution < 1.29 is 32.7 Å². The standard InChI is InChI=1S/C80H60N5O.Pt/c1-79(2,3)54-41-42-81-76(46-54)85-73-40-37-57(84-71-34-16-14-29-65(71)66-30-15-17-35-72(66)84)48-70(73)67-39-38-59(49-75(67)85)86-58-24-18-23-56(47-58)82-50-83-77-60(53-43-52(51-21-8-7-9-22-51)44-55(45-53)80(4,5)6)31-19-32-68(77)63-27-12-10-25-61(63)62-26-11-13-28-64(62)69-33-20-36-74(82)78(69)83;/h7-46,48,50H,1-6H3;/q-3;/i7D,8D,9D,21D,22D;. The van der Waals surface area contributed by atoms with E-state index in [1.54, 1.807) is 0 Å². The van der Waals surface area contributed by atoms with E-state index in [0.29, 0.717) is 17.1 Å². The van der Waals surface area contributed by atoms with Crippen LogP contribution in [0.25, 0.3) is 121 Å². The Kier molecular flexibility index (Phi) is 11.5. The molecule has 0 saturated carbocycles. The molecule has 1 aliphatic heterocycles. The number of hydrogen-bond acceptors (Lipinski definition) is 3. The summed E-state index contributed by atoms with van der Waals surface area (Å²) in [7, 11) is 0. The second-order valence-electron chi connectivity index (χ2n) is 24.5. The second kappa shape index (κ2) is 20.7. The minimum absolute atomic E-state index is 0. The first kappa shape index (κ1) is 48.4. The van der Waals surface area contributed by atoms with Crippen LogP contribution in [0.5, 0.6) is 11.5 Å². The van der Waals surface area contributed by atoms with Gasteiger partial charge in [-0.1, -0.05) is 210 Å². The number of hydrogen-bond donors (Lipinski definition) is 0. The van der Waals surface area contributed by atoms with E-state index in [0.717, 1.165) is 116 Å². The van der Waals surface area contributed by atoms with E-state index in [9.17, 15) is 0 Å². The largest absolute Gasteiger partial charge is 0.509 e. The first-order chi connectivity index (χ1) is 44.0. The molecule has 4 aromatic heterocycles. The summed E-state index contributed by atoms with van der Waals surface area (Å²) in [6.45, 7) is 15.2. The summed E-state index contributed by atoms with van der Waals surface area (Å²) in [6.07, 6.45) is 1.90. The molecule has 7 heteroatoms. The summed E-state index contributed by atoms with van der Waals surface area (Å²) in [6, 6.07) is 80.3. The first-order valence-corrected chi connectivity index (χ1v) is 29.3. The molecule has 0 amide bonds. The number of nitrogens with zero attached hydrogens (tertiary/aromatic N) is 5. The third-order valence-electron chi connectivity index (χ3n) is 17.2. The van der Waals surface area contributed by atoms with Crippen molar-refractivity contribution in [1.29, 1.82) is 0 Å². The minimum Gasteiger partial charge on any atom is -0.509 e. The quantitative estimate of drug-likeness (QED) is 0.149. The zero-order valence-corrected chi connectivity index (χ0v) is 51.1. The van der Waals surface area contributed by atoms with Gasteiger partial charge in [0, 0.05) is 66.4 Å². The van der Waals surface area contributed by atoms with E-state index in [4.69, 9.17) is 16.6 Å². The van der Waals surface area contributed by atoms with Crippen molar-refractivity contribution in [2.45, 2.75) is 52.4 Å². The molecule has 0 spiro atoms. The van der Waals surface area contributed by atoms with Crippen LogP contribution in [0.2, 0.25) is 0 Å². The normalized spacial score (nSPS) is 13.3. The Labute approximate surface area is 527 Å². The Hall–Kier alpha value is -9.87. The number of para-hydroxylation sites is 4. The van der Waals surface area contributed by atoms with Gasteiger partial charge in [0.15, 0.2) is 0 Å². The fourth-order valence-corrected chi connectivity index (χ4v) is 13.0. The molecular weight excluding hydrogens is 1240 g/mol. The summed E-state index contributed by atoms with van der Waals surface area (Å²) in [4.78, 5) is 7.21. The Morgan fingerprint density at radius 3 is 1.72 bits per heavy atom. The molecule has 87 heavy (non-hydrogen) atoms. The fourth-order valence-electron chi connectivity index (χ4n) is 13.0. The molecule has 0 aliphatic carbocycles. The smallest absolute Gasteiger partial charge is 0.135 e. The number of fused-ring (bicyclic) bond motifs is 13. The Balaban J connectivity index is 0.00000702. The van der Waals surface area contributed by atoms with Crippen molar-refractivity contribution in [3.8, 4) is 45.3 Å². The van der Waals surface area contributed by atoms with Crippen LogP contribution >= 0.6 is 0 Å². The molecule has 15 aromatic rings. The molecule has 424 valence electrons. The number of pyridine rings is 1. The van der Waals surface area contributed by atoms with Crippen molar-refractivity contribution >= 4 is 98.3 Å². The molecule has 6 nitrogen and oxygen atoms in total. The third kappa shape index (κ3) is 8.96. The summed E-state index contributed by atoms with van der Waals surface area (Å²) < 4.78 is 58.0. The van der Waals surface area contributed by atoms with E-state index in [-0.39, 0.29) is 61.6 Å². The van der Waals surface area contributed by atoms with Gasteiger partial charge in [0.1, 0.15) is 5.82 Å². The van der Waals surface area contributed by atoms with Crippen LogP contribution in [-0.4, -0.2) is 18.7 Å². The molecule has 0 N–H and O–H groups in total. The summed E-state index contributed by atoms with van der Waals surface area (Å²) in [5.41, 5.74) is 12.8. The average Bonchev–Trinajstić information content (AvgIpc) is 1.63. The number of rotatable bonds is 7. The van der Waals surface area contributed by atoms with Crippen molar-refractivity contribution in [1.82, 2.24) is 18.7 Å². The van der Waals surface area contributed by atoms with Crippen LogP contribution in [0.15, 0.2) is 249 Å². The molecule has 0 atom stereocenters. The van der Waals surface area contributed by atoms with E-state index in [1.165, 1.54) is 16.3 Å². The van der Waals surface area contributed by atoms with Crippen molar-refractivity contribution in [2.75, 3.05) is 4.90 Å². The van der Waals surface area contributed by atoms with E-state index >= 15 is 0 Å². The molecule has 16 rings (SSSR count). The molecular formula is C80H60N5OPt-3. The van der Waals surface area contributed by atoms with Crippen LogP contribution < -0.4 is 9.64 Å². The molecule has 1 aliphatic rings. The van der Waals surface area contributed by atoms with Gasteiger partial charge >= 0.3 is 0 Å². The monoisotopic (exact) mass is 1310 g/mol. The number of anilines is 2. The first-order valence-electron chi connectivity index (χ1n) is 31.8. The second-order valence-corrected chi connectivity index (χ2v) is 24.5. The zero-order chi connectivity index (χ0) is 62.4. The Morgan fingerprint density at radius 2 is 1.03 bits per heavy atom. The van der Waals surface area contributed by atoms with Crippen molar-refractivity contribution in [2.24, 2.45) is 0 Å². The zero-order valence-electron chi connectivity index (χ0n) is 53.8. The van der Waals surface area contributed by atoms with Crippen LogP contribution in [0, 0.1) is 18.8 Å². The van der Waals surface area contributed by atoms with Gasteiger partial charge in [-0.2, -0.15) is 12.1 Å². The van der Waals surface area contributed by atoms with Gasteiger partial charge in [-0.05, 0) is 154 Å². The molecule has 11 aromatic carbocycles. The minimum atomic E-state index is -0.425. The maximum absolute atomic E-state index is 9.15. The van der Waals surface area contributed by atoms with Crippen molar-refractivity contribution in [3.63, 3.8) is 0 Å². The maximum atomic E-state index is 9.15. The van der Waals surface area contributed by atoms with E-state index in [1.807, 2.05) is 36.5 Å². The summed E-state index contributed by atoms with van der Waals surface area (Å²) >= 11 is 0. The average molecular weight is 1310 g/mol. The van der Waals surface area contributed by atoms with Gasteiger partial charge in [-0.25, -0.2) is 4.98 Å². The van der Waals surface area contributed by atoms with Crippen LogP contribution in [-0.2, 0) is 31.9 Å².